The van der Waals surface area contributed by atoms with E-state index in [1.807, 2.05) is 0 Å². The molecule has 0 heterocycles. The molecule has 0 spiro atoms. The van der Waals surface area contributed by atoms with Crippen molar-refractivity contribution < 1.29 is 14.7 Å². The average molecular weight is 223 g/mol. The van der Waals surface area contributed by atoms with Gasteiger partial charge in [-0.3, -0.25) is 4.79 Å². The topological polar surface area (TPSA) is 58.9 Å². The molecular formula is C12H17NO3. The van der Waals surface area contributed by atoms with E-state index >= 15 is 0 Å². The molecule has 4 rings (SSSR count). The highest BCUT2D eigenvalue weighted by Gasteiger charge is 2.58. The number of hydrogen-bond acceptors (Lipinski definition) is 4. The summed E-state index contributed by atoms with van der Waals surface area (Å²) in [6, 6.07) is 0. The van der Waals surface area contributed by atoms with E-state index in [0.29, 0.717) is 17.8 Å². The molecular weight excluding hydrogens is 206 g/mol. The van der Waals surface area contributed by atoms with E-state index in [-0.39, 0.29) is 11.4 Å². The molecule has 0 aromatic rings. The second-order valence-electron chi connectivity index (χ2n) is 5.64. The molecule has 0 amide bonds. The van der Waals surface area contributed by atoms with Gasteiger partial charge in [-0.05, 0) is 38.0 Å². The molecule has 4 fully saturated rings. The molecule has 0 aromatic carbocycles. The van der Waals surface area contributed by atoms with Crippen molar-refractivity contribution >= 4 is 11.7 Å². The highest BCUT2D eigenvalue weighted by atomic mass is 16.5. The molecule has 4 nitrogen and oxygen atoms in total. The predicted molar refractivity (Wildman–Crippen MR) is 57.2 cm³/mol. The predicted octanol–water partition coefficient (Wildman–Crippen LogP) is 1.82. The molecule has 1 N–H and O–H groups in total. The molecule has 0 unspecified atom stereocenters. The smallest absolute Gasteiger partial charge is 0.311 e. The van der Waals surface area contributed by atoms with Crippen LogP contribution in [0.2, 0.25) is 0 Å². The van der Waals surface area contributed by atoms with Crippen molar-refractivity contribution in [3.05, 3.63) is 0 Å². The Hall–Kier alpha value is -1.06. The van der Waals surface area contributed by atoms with Crippen molar-refractivity contribution in [1.82, 2.24) is 0 Å². The lowest BCUT2D eigenvalue weighted by Gasteiger charge is -2.54. The van der Waals surface area contributed by atoms with Crippen LogP contribution in [0.25, 0.3) is 0 Å². The van der Waals surface area contributed by atoms with Gasteiger partial charge in [-0.2, -0.15) is 0 Å². The van der Waals surface area contributed by atoms with E-state index < -0.39 is 0 Å². The van der Waals surface area contributed by atoms with E-state index in [1.165, 1.54) is 7.11 Å². The molecule has 4 bridgehead atoms. The first-order valence-electron chi connectivity index (χ1n) is 5.99. The average Bonchev–Trinajstić information content (AvgIpc) is 2.27. The zero-order valence-corrected chi connectivity index (χ0v) is 9.48. The highest BCUT2D eigenvalue weighted by Crippen LogP contribution is 2.59. The van der Waals surface area contributed by atoms with Gasteiger partial charge in [0.25, 0.3) is 0 Å². The zero-order valence-electron chi connectivity index (χ0n) is 9.48. The largest absolute Gasteiger partial charge is 0.469 e. The van der Waals surface area contributed by atoms with Gasteiger partial charge in [0.15, 0.2) is 0 Å². The molecule has 0 aliphatic heterocycles. The second-order valence-corrected chi connectivity index (χ2v) is 5.64. The standard InChI is InChI=1S/C12H17NO3/c1-16-11(14)12-4-7-2-8(5-12)10(13-15)9(3-7)6-12/h7-9,15H,2-6H2,1H3/t7?,8-,9-,12?/m1/s1. The SMILES string of the molecule is COC(=O)C12CC3C[C@H](C1)C(=NO)[C@H](C3)C2. The molecule has 0 radical (unpaired) electrons. The van der Waals surface area contributed by atoms with Crippen LogP contribution in [0.5, 0.6) is 0 Å². The maximum absolute atomic E-state index is 11.9. The van der Waals surface area contributed by atoms with Gasteiger partial charge in [0.05, 0.1) is 18.2 Å². The minimum Gasteiger partial charge on any atom is -0.469 e. The van der Waals surface area contributed by atoms with E-state index in [9.17, 15) is 4.79 Å². The van der Waals surface area contributed by atoms with Crippen molar-refractivity contribution in [2.45, 2.75) is 32.1 Å². The molecule has 4 aliphatic carbocycles. The number of rotatable bonds is 1. The zero-order chi connectivity index (χ0) is 11.3. The Morgan fingerprint density at radius 1 is 1.38 bits per heavy atom. The fraction of sp³-hybridized carbons (Fsp3) is 0.833. The summed E-state index contributed by atoms with van der Waals surface area (Å²) < 4.78 is 4.96. The molecule has 4 heteroatoms. The van der Waals surface area contributed by atoms with E-state index in [4.69, 9.17) is 9.94 Å². The number of oxime groups is 1. The van der Waals surface area contributed by atoms with Crippen LogP contribution in [0.1, 0.15) is 32.1 Å². The highest BCUT2D eigenvalue weighted by molar-refractivity contribution is 5.93. The summed E-state index contributed by atoms with van der Waals surface area (Å²) in [6.07, 6.45) is 4.81. The van der Waals surface area contributed by atoms with Gasteiger partial charge in [-0.1, -0.05) is 5.16 Å². The third kappa shape index (κ3) is 1.16. The quantitative estimate of drug-likeness (QED) is 0.419. The Morgan fingerprint density at radius 2 is 2.00 bits per heavy atom. The van der Waals surface area contributed by atoms with E-state index in [1.54, 1.807) is 0 Å². The number of nitrogens with zero attached hydrogens (tertiary/aromatic N) is 1. The van der Waals surface area contributed by atoms with Crippen molar-refractivity contribution in [3.8, 4) is 0 Å². The summed E-state index contributed by atoms with van der Waals surface area (Å²) in [6.45, 7) is 0. The molecule has 88 valence electrons. The second kappa shape index (κ2) is 3.22. The molecule has 16 heavy (non-hydrogen) atoms. The van der Waals surface area contributed by atoms with Crippen LogP contribution >= 0.6 is 0 Å². The number of ether oxygens (including phenoxy) is 1. The normalized spacial score (nSPS) is 44.6. The Kier molecular flexibility index (Phi) is 2.03. The summed E-state index contributed by atoms with van der Waals surface area (Å²) >= 11 is 0. The molecule has 0 aromatic heterocycles. The minimum absolute atomic E-state index is 0.0520. The van der Waals surface area contributed by atoms with Crippen molar-refractivity contribution in [2.75, 3.05) is 7.11 Å². The van der Waals surface area contributed by atoms with Crippen LogP contribution in [-0.2, 0) is 9.53 Å². The number of carbonyl (C=O) groups excluding carboxylic acids is 1. The van der Waals surface area contributed by atoms with Gasteiger partial charge in [0.2, 0.25) is 0 Å². The van der Waals surface area contributed by atoms with Crippen LogP contribution in [0, 0.1) is 23.2 Å². The van der Waals surface area contributed by atoms with Crippen LogP contribution < -0.4 is 0 Å². The molecule has 2 atom stereocenters. The Labute approximate surface area is 94.7 Å². The van der Waals surface area contributed by atoms with Crippen LogP contribution in [0.4, 0.5) is 0 Å². The molecule has 0 saturated heterocycles. The number of hydrogen-bond donors (Lipinski definition) is 1. The first-order valence-corrected chi connectivity index (χ1v) is 5.99. The summed E-state index contributed by atoms with van der Waals surface area (Å²) in [7, 11) is 1.47. The summed E-state index contributed by atoms with van der Waals surface area (Å²) in [5.41, 5.74) is 0.676. The van der Waals surface area contributed by atoms with Crippen molar-refractivity contribution in [2.24, 2.45) is 28.3 Å². The van der Waals surface area contributed by atoms with E-state index in [2.05, 4.69) is 5.16 Å². The van der Waals surface area contributed by atoms with Gasteiger partial charge in [0, 0.05) is 11.8 Å². The van der Waals surface area contributed by atoms with Gasteiger partial charge >= 0.3 is 5.97 Å². The first-order chi connectivity index (χ1) is 7.68. The third-order valence-electron chi connectivity index (χ3n) is 4.76. The van der Waals surface area contributed by atoms with Crippen LogP contribution in [-0.4, -0.2) is 24.0 Å². The Balaban J connectivity index is 1.95. The van der Waals surface area contributed by atoms with Gasteiger partial charge in [-0.15, -0.1) is 0 Å². The van der Waals surface area contributed by atoms with Crippen LogP contribution in [0.3, 0.4) is 0 Å². The first kappa shape index (κ1) is 10.1. The van der Waals surface area contributed by atoms with Gasteiger partial charge < -0.3 is 9.94 Å². The minimum atomic E-state index is -0.264. The summed E-state index contributed by atoms with van der Waals surface area (Å²) in [4.78, 5) is 11.9. The maximum atomic E-state index is 11.9. The summed E-state index contributed by atoms with van der Waals surface area (Å²) in [5, 5.41) is 12.5. The lowest BCUT2D eigenvalue weighted by atomic mass is 9.49. The van der Waals surface area contributed by atoms with Gasteiger partial charge in [-0.25, -0.2) is 0 Å². The fourth-order valence-corrected chi connectivity index (χ4v) is 4.39. The van der Waals surface area contributed by atoms with Crippen LogP contribution in [0.15, 0.2) is 5.16 Å². The van der Waals surface area contributed by atoms with Gasteiger partial charge in [0.1, 0.15) is 0 Å². The molecule has 4 aliphatic rings. The Morgan fingerprint density at radius 3 is 2.50 bits per heavy atom. The number of esters is 1. The lowest BCUT2D eigenvalue weighted by Crippen LogP contribution is -2.54. The number of methoxy groups -OCH3 is 1. The van der Waals surface area contributed by atoms with Crippen molar-refractivity contribution in [1.29, 1.82) is 0 Å². The lowest BCUT2D eigenvalue weighted by molar-refractivity contribution is -0.162. The molecule has 4 saturated carbocycles. The monoisotopic (exact) mass is 223 g/mol. The van der Waals surface area contributed by atoms with E-state index in [0.717, 1.165) is 37.8 Å². The number of carbonyl (C=O) groups is 1. The fourth-order valence-electron chi connectivity index (χ4n) is 4.39. The maximum Gasteiger partial charge on any atom is 0.311 e. The van der Waals surface area contributed by atoms with Crippen molar-refractivity contribution in [3.63, 3.8) is 0 Å². The Bertz CT molecular complexity index is 345. The summed E-state index contributed by atoms with van der Waals surface area (Å²) in [5.74, 6) is 1.21. The third-order valence-corrected chi connectivity index (χ3v) is 4.76.